The number of benzene rings is 1. The van der Waals surface area contributed by atoms with Crippen LogP contribution in [0.2, 0.25) is 0 Å². The lowest BCUT2D eigenvalue weighted by Gasteiger charge is -2.33. The smallest absolute Gasteiger partial charge is 0.226 e. The molecule has 0 unspecified atom stereocenters. The van der Waals surface area contributed by atoms with Crippen LogP contribution in [0.5, 0.6) is 0 Å². The quantitative estimate of drug-likeness (QED) is 0.911. The molecule has 0 spiro atoms. The summed E-state index contributed by atoms with van der Waals surface area (Å²) in [6.07, 6.45) is 0.266. The summed E-state index contributed by atoms with van der Waals surface area (Å²) in [7, 11) is 0. The molecule has 1 atom stereocenters. The molecular formula is C17H20FN3O3. The van der Waals surface area contributed by atoms with E-state index in [9.17, 15) is 9.18 Å². The summed E-state index contributed by atoms with van der Waals surface area (Å²) in [5.74, 6) is 0.726. The first kappa shape index (κ1) is 16.6. The number of morpholine rings is 1. The first-order valence-corrected chi connectivity index (χ1v) is 7.93. The van der Waals surface area contributed by atoms with E-state index in [0.717, 1.165) is 12.1 Å². The van der Waals surface area contributed by atoms with E-state index in [0.29, 0.717) is 37.7 Å². The van der Waals surface area contributed by atoms with Gasteiger partial charge in [-0.2, -0.15) is 0 Å². The Labute approximate surface area is 139 Å². The van der Waals surface area contributed by atoms with Crippen LogP contribution in [0.1, 0.15) is 23.8 Å². The minimum absolute atomic E-state index is 0.0967. The zero-order valence-corrected chi connectivity index (χ0v) is 13.5. The van der Waals surface area contributed by atoms with Crippen molar-refractivity contribution in [2.75, 3.05) is 31.6 Å². The molecule has 0 radical (unpaired) electrons. The summed E-state index contributed by atoms with van der Waals surface area (Å²) in [6, 6.07) is 8.03. The Morgan fingerprint density at radius 3 is 2.92 bits per heavy atom. The lowest BCUT2D eigenvalue weighted by Crippen LogP contribution is -2.39. The van der Waals surface area contributed by atoms with E-state index >= 15 is 0 Å². The van der Waals surface area contributed by atoms with Gasteiger partial charge in [0.15, 0.2) is 5.82 Å². The van der Waals surface area contributed by atoms with E-state index in [1.165, 1.54) is 12.1 Å². The number of hydrogen-bond acceptors (Lipinski definition) is 5. The molecule has 1 amide bonds. The molecule has 0 bridgehead atoms. The highest BCUT2D eigenvalue weighted by molar-refractivity contribution is 5.89. The Morgan fingerprint density at radius 2 is 2.21 bits per heavy atom. The number of aryl methyl sites for hydroxylation is 1. The first-order chi connectivity index (χ1) is 11.6. The van der Waals surface area contributed by atoms with Gasteiger partial charge in [-0.3, -0.25) is 9.69 Å². The van der Waals surface area contributed by atoms with E-state index in [2.05, 4.69) is 15.4 Å². The molecular weight excluding hydrogens is 313 g/mol. The number of hydrogen-bond donors (Lipinski definition) is 1. The molecule has 1 fully saturated rings. The number of aromatic nitrogens is 1. The standard InChI is InChI=1S/C17H20FN3O3/c1-12-10-16(20-24-12)19-17(22)6-7-21-8-9-23-15(11-21)13-2-4-14(18)5-3-13/h2-5,10,15H,6-9,11H2,1H3,(H,19,20,22)/t15-/m1/s1. The third kappa shape index (κ3) is 4.39. The van der Waals surface area contributed by atoms with Gasteiger partial charge in [0.1, 0.15) is 11.6 Å². The summed E-state index contributed by atoms with van der Waals surface area (Å²) in [6.45, 7) is 4.44. The zero-order valence-electron chi connectivity index (χ0n) is 13.5. The fourth-order valence-electron chi connectivity index (χ4n) is 2.68. The van der Waals surface area contributed by atoms with Gasteiger partial charge in [0, 0.05) is 32.1 Å². The highest BCUT2D eigenvalue weighted by Gasteiger charge is 2.22. The van der Waals surface area contributed by atoms with Crippen molar-refractivity contribution in [1.29, 1.82) is 0 Å². The molecule has 1 aromatic carbocycles. The van der Waals surface area contributed by atoms with Crippen LogP contribution in [0, 0.1) is 12.7 Å². The lowest BCUT2D eigenvalue weighted by atomic mass is 10.1. The lowest BCUT2D eigenvalue weighted by molar-refractivity contribution is -0.117. The average Bonchev–Trinajstić information content (AvgIpc) is 2.99. The highest BCUT2D eigenvalue weighted by atomic mass is 19.1. The molecule has 7 heteroatoms. The van der Waals surface area contributed by atoms with E-state index in [1.54, 1.807) is 25.1 Å². The SMILES string of the molecule is Cc1cc(NC(=O)CCN2CCO[C@@H](c3ccc(F)cc3)C2)no1. The second-order valence-corrected chi connectivity index (χ2v) is 5.83. The second kappa shape index (κ2) is 7.55. The Morgan fingerprint density at radius 1 is 1.42 bits per heavy atom. The van der Waals surface area contributed by atoms with Crippen molar-refractivity contribution >= 4 is 11.7 Å². The molecule has 1 aliphatic rings. The van der Waals surface area contributed by atoms with Gasteiger partial charge in [0.05, 0.1) is 12.7 Å². The van der Waals surface area contributed by atoms with Crippen molar-refractivity contribution in [3.8, 4) is 0 Å². The second-order valence-electron chi connectivity index (χ2n) is 5.83. The maximum absolute atomic E-state index is 13.0. The normalized spacial score (nSPS) is 18.5. The zero-order chi connectivity index (χ0) is 16.9. The number of carbonyl (C=O) groups is 1. The molecule has 24 heavy (non-hydrogen) atoms. The van der Waals surface area contributed by atoms with Crippen molar-refractivity contribution < 1.29 is 18.4 Å². The summed E-state index contributed by atoms with van der Waals surface area (Å²) >= 11 is 0. The summed E-state index contributed by atoms with van der Waals surface area (Å²) in [5.41, 5.74) is 0.948. The van der Waals surface area contributed by atoms with E-state index in [4.69, 9.17) is 9.26 Å². The van der Waals surface area contributed by atoms with Crippen molar-refractivity contribution in [3.63, 3.8) is 0 Å². The summed E-state index contributed by atoms with van der Waals surface area (Å²) in [5, 5.41) is 6.45. The van der Waals surface area contributed by atoms with E-state index in [1.807, 2.05) is 0 Å². The Kier molecular flexibility index (Phi) is 5.22. The first-order valence-electron chi connectivity index (χ1n) is 7.93. The number of anilines is 1. The summed E-state index contributed by atoms with van der Waals surface area (Å²) < 4.78 is 23.7. The minimum Gasteiger partial charge on any atom is -0.371 e. The maximum atomic E-state index is 13.0. The number of nitrogens with zero attached hydrogens (tertiary/aromatic N) is 2. The monoisotopic (exact) mass is 333 g/mol. The number of nitrogens with one attached hydrogen (secondary N) is 1. The van der Waals surface area contributed by atoms with Crippen LogP contribution in [0.4, 0.5) is 10.2 Å². The Bertz CT molecular complexity index is 687. The van der Waals surface area contributed by atoms with Crippen molar-refractivity contribution in [2.45, 2.75) is 19.4 Å². The number of rotatable bonds is 5. The van der Waals surface area contributed by atoms with Gasteiger partial charge in [-0.1, -0.05) is 17.3 Å². The van der Waals surface area contributed by atoms with Gasteiger partial charge < -0.3 is 14.6 Å². The number of amides is 1. The third-order valence-electron chi connectivity index (χ3n) is 3.94. The number of halogens is 1. The Balaban J connectivity index is 1.48. The van der Waals surface area contributed by atoms with Crippen LogP contribution in [0.3, 0.4) is 0 Å². The van der Waals surface area contributed by atoms with Crippen LogP contribution in [0.15, 0.2) is 34.9 Å². The molecule has 1 N–H and O–H groups in total. The van der Waals surface area contributed by atoms with Gasteiger partial charge >= 0.3 is 0 Å². The summed E-state index contributed by atoms with van der Waals surface area (Å²) in [4.78, 5) is 14.1. The fraction of sp³-hybridized carbons (Fsp3) is 0.412. The van der Waals surface area contributed by atoms with Crippen LogP contribution in [0.25, 0.3) is 0 Å². The maximum Gasteiger partial charge on any atom is 0.226 e. The largest absolute Gasteiger partial charge is 0.371 e. The molecule has 2 aromatic rings. The van der Waals surface area contributed by atoms with Crippen LogP contribution < -0.4 is 5.32 Å². The van der Waals surface area contributed by atoms with Gasteiger partial charge in [0.2, 0.25) is 5.91 Å². The van der Waals surface area contributed by atoms with Gasteiger partial charge in [-0.15, -0.1) is 0 Å². The van der Waals surface area contributed by atoms with Gasteiger partial charge in [-0.25, -0.2) is 4.39 Å². The van der Waals surface area contributed by atoms with Gasteiger partial charge in [0.25, 0.3) is 0 Å². The van der Waals surface area contributed by atoms with E-state index in [-0.39, 0.29) is 17.8 Å². The van der Waals surface area contributed by atoms with Crippen LogP contribution in [-0.4, -0.2) is 42.2 Å². The van der Waals surface area contributed by atoms with Crippen molar-refractivity contribution in [2.24, 2.45) is 0 Å². The molecule has 0 saturated carbocycles. The third-order valence-corrected chi connectivity index (χ3v) is 3.94. The molecule has 128 valence electrons. The molecule has 2 heterocycles. The van der Waals surface area contributed by atoms with Crippen LogP contribution >= 0.6 is 0 Å². The molecule has 1 saturated heterocycles. The minimum atomic E-state index is -0.258. The molecule has 1 aliphatic heterocycles. The van der Waals surface area contributed by atoms with Crippen molar-refractivity contribution in [3.05, 3.63) is 47.5 Å². The molecule has 6 nitrogen and oxygen atoms in total. The average molecular weight is 333 g/mol. The molecule has 0 aliphatic carbocycles. The Hall–Kier alpha value is -2.25. The molecule has 3 rings (SSSR count). The van der Waals surface area contributed by atoms with Gasteiger partial charge in [-0.05, 0) is 24.6 Å². The predicted molar refractivity (Wildman–Crippen MR) is 86.0 cm³/mol. The van der Waals surface area contributed by atoms with Crippen molar-refractivity contribution in [1.82, 2.24) is 10.1 Å². The fourth-order valence-corrected chi connectivity index (χ4v) is 2.68. The van der Waals surface area contributed by atoms with Crippen LogP contribution in [-0.2, 0) is 9.53 Å². The predicted octanol–water partition coefficient (Wildman–Crippen LogP) is 2.52. The number of carbonyl (C=O) groups excluding carboxylic acids is 1. The van der Waals surface area contributed by atoms with E-state index < -0.39 is 0 Å². The number of ether oxygens (including phenoxy) is 1. The topological polar surface area (TPSA) is 67.6 Å². The highest BCUT2D eigenvalue weighted by Crippen LogP contribution is 2.22. The molecule has 1 aromatic heterocycles.